The molecule has 2 heterocycles. The summed E-state index contributed by atoms with van der Waals surface area (Å²) in [6.45, 7) is 3.58. The summed E-state index contributed by atoms with van der Waals surface area (Å²) in [5.41, 5.74) is 1.24. The van der Waals surface area contributed by atoms with Gasteiger partial charge in [-0.3, -0.25) is 4.68 Å². The van der Waals surface area contributed by atoms with Gasteiger partial charge < -0.3 is 15.0 Å². The van der Waals surface area contributed by atoms with Crippen LogP contribution in [0, 0.1) is 5.92 Å². The van der Waals surface area contributed by atoms with Crippen LogP contribution in [0.4, 0.5) is 0 Å². The Labute approximate surface area is 123 Å². The zero-order valence-electron chi connectivity index (χ0n) is 11.9. The van der Waals surface area contributed by atoms with Gasteiger partial charge in [0.1, 0.15) is 0 Å². The first-order valence-corrected chi connectivity index (χ1v) is 7.53. The first-order valence-electron chi connectivity index (χ1n) is 6.74. The Kier molecular flexibility index (Phi) is 5.38. The highest BCUT2D eigenvalue weighted by molar-refractivity contribution is 9.10. The maximum Gasteiger partial charge on any atom is 0.0699 e. The minimum Gasteiger partial charge on any atom is -0.381 e. The van der Waals surface area contributed by atoms with Crippen molar-refractivity contribution in [3.63, 3.8) is 0 Å². The van der Waals surface area contributed by atoms with Gasteiger partial charge in [0.15, 0.2) is 0 Å². The van der Waals surface area contributed by atoms with Gasteiger partial charge >= 0.3 is 0 Å². The number of nitrogens with zero attached hydrogens (tertiary/aromatic N) is 3. The van der Waals surface area contributed by atoms with E-state index in [4.69, 9.17) is 4.74 Å². The third kappa shape index (κ3) is 3.56. The van der Waals surface area contributed by atoms with E-state index in [9.17, 15) is 0 Å². The molecule has 108 valence electrons. The van der Waals surface area contributed by atoms with Gasteiger partial charge in [0.2, 0.25) is 0 Å². The van der Waals surface area contributed by atoms with Gasteiger partial charge in [-0.05, 0) is 43.5 Å². The van der Waals surface area contributed by atoms with Crippen molar-refractivity contribution in [2.75, 3.05) is 40.9 Å². The molecule has 1 aliphatic heterocycles. The normalized spacial score (nSPS) is 21.2. The van der Waals surface area contributed by atoms with Crippen LogP contribution < -0.4 is 5.32 Å². The lowest BCUT2D eigenvalue weighted by atomic mass is 9.96. The summed E-state index contributed by atoms with van der Waals surface area (Å²) in [5, 5.41) is 7.92. The Morgan fingerprint density at radius 3 is 3.00 bits per heavy atom. The maximum absolute atomic E-state index is 5.52. The van der Waals surface area contributed by atoms with Crippen LogP contribution in [-0.4, -0.2) is 55.6 Å². The van der Waals surface area contributed by atoms with Gasteiger partial charge in [-0.25, -0.2) is 0 Å². The number of halogens is 1. The molecule has 0 aromatic carbocycles. The average molecular weight is 331 g/mol. The van der Waals surface area contributed by atoms with Crippen LogP contribution in [0.3, 0.4) is 0 Å². The third-order valence-electron chi connectivity index (χ3n) is 3.63. The Hall–Kier alpha value is -0.430. The van der Waals surface area contributed by atoms with E-state index < -0.39 is 0 Å². The first kappa shape index (κ1) is 15.0. The lowest BCUT2D eigenvalue weighted by Gasteiger charge is -2.24. The molecule has 0 aliphatic carbocycles. The summed E-state index contributed by atoms with van der Waals surface area (Å²) in [6.07, 6.45) is 3.00. The fourth-order valence-electron chi connectivity index (χ4n) is 2.57. The topological polar surface area (TPSA) is 42.3 Å². The van der Waals surface area contributed by atoms with Gasteiger partial charge in [0.25, 0.3) is 0 Å². The molecule has 0 bridgehead atoms. The Balaban J connectivity index is 2.18. The van der Waals surface area contributed by atoms with E-state index in [1.54, 1.807) is 0 Å². The minimum absolute atomic E-state index is 0.293. The second-order valence-electron chi connectivity index (χ2n) is 5.29. The highest BCUT2D eigenvalue weighted by Gasteiger charge is 2.30. The predicted molar refractivity (Wildman–Crippen MR) is 79.2 cm³/mol. The minimum atomic E-state index is 0.293. The molecule has 0 radical (unpaired) electrons. The van der Waals surface area contributed by atoms with Gasteiger partial charge in [0.05, 0.1) is 35.6 Å². The van der Waals surface area contributed by atoms with Crippen molar-refractivity contribution in [1.82, 2.24) is 20.0 Å². The third-order valence-corrected chi connectivity index (χ3v) is 4.25. The quantitative estimate of drug-likeness (QED) is 0.858. The lowest BCUT2D eigenvalue weighted by Crippen LogP contribution is -2.30. The van der Waals surface area contributed by atoms with Crippen molar-refractivity contribution >= 4 is 15.9 Å². The largest absolute Gasteiger partial charge is 0.381 e. The summed E-state index contributed by atoms with van der Waals surface area (Å²) in [6, 6.07) is 0.293. The number of nitrogens with one attached hydrogen (secondary N) is 1. The second kappa shape index (κ2) is 6.83. The first-order chi connectivity index (χ1) is 9.13. The molecular weight excluding hydrogens is 308 g/mol. The second-order valence-corrected chi connectivity index (χ2v) is 6.15. The monoisotopic (exact) mass is 330 g/mol. The Morgan fingerprint density at radius 2 is 2.42 bits per heavy atom. The van der Waals surface area contributed by atoms with E-state index in [0.29, 0.717) is 12.0 Å². The van der Waals surface area contributed by atoms with Crippen molar-refractivity contribution in [2.45, 2.75) is 19.0 Å². The molecule has 2 atom stereocenters. The molecule has 1 fully saturated rings. The number of hydrogen-bond donors (Lipinski definition) is 1. The van der Waals surface area contributed by atoms with Crippen LogP contribution in [-0.2, 0) is 11.3 Å². The molecule has 1 aromatic heterocycles. The van der Waals surface area contributed by atoms with Crippen molar-refractivity contribution in [2.24, 2.45) is 5.92 Å². The predicted octanol–water partition coefficient (Wildman–Crippen LogP) is 1.50. The number of hydrogen-bond acceptors (Lipinski definition) is 4. The van der Waals surface area contributed by atoms with Gasteiger partial charge in [-0.15, -0.1) is 0 Å². The highest BCUT2D eigenvalue weighted by Crippen LogP contribution is 2.32. The zero-order chi connectivity index (χ0) is 13.8. The van der Waals surface area contributed by atoms with E-state index in [0.717, 1.165) is 37.2 Å². The van der Waals surface area contributed by atoms with E-state index >= 15 is 0 Å². The standard InChI is InChI=1S/C13H23BrN4O/c1-15-12(10-4-7-19-9-10)13-11(14)8-16-18(13)6-5-17(2)3/h8,10,12,15H,4-7,9H2,1-3H3. The van der Waals surface area contributed by atoms with Crippen molar-refractivity contribution < 1.29 is 4.74 Å². The number of likely N-dealkylation sites (N-methyl/N-ethyl adjacent to an activating group) is 1. The van der Waals surface area contributed by atoms with Gasteiger partial charge in [0, 0.05) is 19.1 Å². The number of ether oxygens (including phenoxy) is 1. The van der Waals surface area contributed by atoms with E-state index in [-0.39, 0.29) is 0 Å². The SMILES string of the molecule is CNC(c1c(Br)cnn1CCN(C)C)C1CCOC1. The van der Waals surface area contributed by atoms with Crippen molar-refractivity contribution in [3.05, 3.63) is 16.4 Å². The number of aromatic nitrogens is 2. The summed E-state index contributed by atoms with van der Waals surface area (Å²) >= 11 is 3.63. The van der Waals surface area contributed by atoms with Crippen LogP contribution in [0.15, 0.2) is 10.7 Å². The summed E-state index contributed by atoms with van der Waals surface area (Å²) in [4.78, 5) is 2.17. The van der Waals surface area contributed by atoms with Crippen LogP contribution in [0.5, 0.6) is 0 Å². The molecule has 1 aromatic rings. The van der Waals surface area contributed by atoms with E-state index in [1.807, 2.05) is 13.2 Å². The molecule has 5 nitrogen and oxygen atoms in total. The number of rotatable bonds is 6. The van der Waals surface area contributed by atoms with Crippen LogP contribution >= 0.6 is 15.9 Å². The summed E-state index contributed by atoms with van der Waals surface area (Å²) in [7, 11) is 6.18. The fourth-order valence-corrected chi connectivity index (χ4v) is 3.11. The fraction of sp³-hybridized carbons (Fsp3) is 0.769. The molecule has 1 N–H and O–H groups in total. The highest BCUT2D eigenvalue weighted by atomic mass is 79.9. The van der Waals surface area contributed by atoms with Crippen molar-refractivity contribution in [3.8, 4) is 0 Å². The molecule has 1 aliphatic rings. The molecule has 2 unspecified atom stereocenters. The lowest BCUT2D eigenvalue weighted by molar-refractivity contribution is 0.176. The average Bonchev–Trinajstić information content (AvgIpc) is 3.00. The smallest absolute Gasteiger partial charge is 0.0699 e. The molecule has 0 saturated carbocycles. The van der Waals surface area contributed by atoms with E-state index in [1.165, 1.54) is 5.69 Å². The molecule has 6 heteroatoms. The van der Waals surface area contributed by atoms with Crippen LogP contribution in [0.25, 0.3) is 0 Å². The Morgan fingerprint density at radius 1 is 1.63 bits per heavy atom. The van der Waals surface area contributed by atoms with Crippen LogP contribution in [0.1, 0.15) is 18.2 Å². The Bertz CT molecular complexity index is 401. The molecule has 0 spiro atoms. The summed E-state index contributed by atoms with van der Waals surface area (Å²) in [5.74, 6) is 0.524. The van der Waals surface area contributed by atoms with Gasteiger partial charge in [-0.1, -0.05) is 0 Å². The molecule has 2 rings (SSSR count). The van der Waals surface area contributed by atoms with E-state index in [2.05, 4.69) is 50.0 Å². The molecule has 0 amide bonds. The molecule has 1 saturated heterocycles. The van der Waals surface area contributed by atoms with Crippen LogP contribution in [0.2, 0.25) is 0 Å². The zero-order valence-corrected chi connectivity index (χ0v) is 13.5. The molecule has 19 heavy (non-hydrogen) atoms. The van der Waals surface area contributed by atoms with Gasteiger partial charge in [-0.2, -0.15) is 5.10 Å². The summed E-state index contributed by atoms with van der Waals surface area (Å²) < 4.78 is 8.70. The molecular formula is C13H23BrN4O. The maximum atomic E-state index is 5.52. The van der Waals surface area contributed by atoms with Crippen molar-refractivity contribution in [1.29, 1.82) is 0 Å².